The Labute approximate surface area is 107 Å². The number of hydrogen-bond donors (Lipinski definition) is 2. The first kappa shape index (κ1) is 12.3. The third-order valence-corrected chi connectivity index (χ3v) is 3.00. The third kappa shape index (κ3) is 2.57. The van der Waals surface area contributed by atoms with Gasteiger partial charge >= 0.3 is 0 Å². The van der Waals surface area contributed by atoms with E-state index in [1.54, 1.807) is 25.3 Å². The number of anilines is 1. The van der Waals surface area contributed by atoms with E-state index in [0.29, 0.717) is 27.9 Å². The molecule has 1 amide bonds. The Morgan fingerprint density at radius 1 is 1.61 bits per heavy atom. The molecule has 0 aliphatic rings. The molecule has 2 aromatic heterocycles. The summed E-state index contributed by atoms with van der Waals surface area (Å²) in [7, 11) is 0. The Balaban J connectivity index is 2.10. The molecule has 0 aliphatic heterocycles. The standard InChI is InChI=1S/C11H11N3O3S/c1-6-3-8(4-17-6)10(15)13-11-12-9(5-18-11)7(2)14-16/h3-5,16H,1-2H3,(H,12,13,15). The number of nitrogens with one attached hydrogen (secondary N) is 1. The summed E-state index contributed by atoms with van der Waals surface area (Å²) in [4.78, 5) is 15.9. The summed E-state index contributed by atoms with van der Waals surface area (Å²) in [5.74, 6) is 0.384. The van der Waals surface area contributed by atoms with Crippen LogP contribution in [0, 0.1) is 6.92 Å². The molecule has 6 nitrogen and oxygen atoms in total. The van der Waals surface area contributed by atoms with Gasteiger partial charge in [-0.2, -0.15) is 0 Å². The number of thiazole rings is 1. The van der Waals surface area contributed by atoms with Crippen LogP contribution in [0.15, 0.2) is 27.3 Å². The molecule has 0 spiro atoms. The molecule has 0 aromatic carbocycles. The predicted octanol–water partition coefficient (Wildman–Crippen LogP) is 2.50. The lowest BCUT2D eigenvalue weighted by atomic mass is 10.3. The summed E-state index contributed by atoms with van der Waals surface area (Å²) < 4.78 is 5.05. The first-order chi connectivity index (χ1) is 8.60. The molecule has 0 saturated heterocycles. The predicted molar refractivity (Wildman–Crippen MR) is 67.5 cm³/mol. The smallest absolute Gasteiger partial charge is 0.260 e. The zero-order chi connectivity index (χ0) is 13.1. The third-order valence-electron chi connectivity index (χ3n) is 2.24. The number of amides is 1. The van der Waals surface area contributed by atoms with Crippen LogP contribution in [0.1, 0.15) is 28.7 Å². The Morgan fingerprint density at radius 3 is 3.00 bits per heavy atom. The number of aromatic nitrogens is 1. The van der Waals surface area contributed by atoms with Gasteiger partial charge in [-0.05, 0) is 19.9 Å². The average molecular weight is 265 g/mol. The van der Waals surface area contributed by atoms with E-state index in [-0.39, 0.29) is 5.91 Å². The van der Waals surface area contributed by atoms with Crippen LogP contribution >= 0.6 is 11.3 Å². The maximum absolute atomic E-state index is 11.8. The molecule has 0 aliphatic carbocycles. The SMILES string of the molecule is CC(=NO)c1csc(NC(=O)c2coc(C)c2)n1. The molecule has 0 radical (unpaired) electrons. The lowest BCUT2D eigenvalue weighted by Gasteiger charge is -1.97. The zero-order valence-electron chi connectivity index (χ0n) is 9.80. The zero-order valence-corrected chi connectivity index (χ0v) is 10.6. The van der Waals surface area contributed by atoms with Crippen molar-refractivity contribution in [3.05, 3.63) is 34.7 Å². The highest BCUT2D eigenvalue weighted by molar-refractivity contribution is 7.14. The van der Waals surface area contributed by atoms with Gasteiger partial charge in [-0.15, -0.1) is 11.3 Å². The summed E-state index contributed by atoms with van der Waals surface area (Å²) >= 11 is 1.26. The normalized spacial score (nSPS) is 11.6. The number of carbonyl (C=O) groups is 1. The van der Waals surface area contributed by atoms with E-state index in [1.165, 1.54) is 17.6 Å². The number of oxime groups is 1. The van der Waals surface area contributed by atoms with Gasteiger partial charge in [0, 0.05) is 5.38 Å². The van der Waals surface area contributed by atoms with Crippen molar-refractivity contribution in [1.82, 2.24) is 4.98 Å². The Hall–Kier alpha value is -2.15. The van der Waals surface area contributed by atoms with Gasteiger partial charge < -0.3 is 9.62 Å². The lowest BCUT2D eigenvalue weighted by molar-refractivity contribution is 0.102. The van der Waals surface area contributed by atoms with Crippen molar-refractivity contribution in [3.63, 3.8) is 0 Å². The van der Waals surface area contributed by atoms with Crippen molar-refractivity contribution in [2.24, 2.45) is 5.16 Å². The minimum absolute atomic E-state index is 0.286. The minimum atomic E-state index is -0.286. The van der Waals surface area contributed by atoms with E-state index in [2.05, 4.69) is 15.5 Å². The molecule has 7 heteroatoms. The van der Waals surface area contributed by atoms with Crippen molar-refractivity contribution in [1.29, 1.82) is 0 Å². The van der Waals surface area contributed by atoms with Gasteiger partial charge in [-0.1, -0.05) is 5.16 Å². The molecule has 18 heavy (non-hydrogen) atoms. The number of nitrogens with zero attached hydrogens (tertiary/aromatic N) is 2. The topological polar surface area (TPSA) is 87.7 Å². The monoisotopic (exact) mass is 265 g/mol. The molecule has 0 saturated carbocycles. The Bertz CT molecular complexity index is 600. The van der Waals surface area contributed by atoms with Crippen LogP contribution in [0.3, 0.4) is 0 Å². The van der Waals surface area contributed by atoms with Crippen LogP contribution in [-0.4, -0.2) is 21.8 Å². The van der Waals surface area contributed by atoms with Crippen LogP contribution in [0.5, 0.6) is 0 Å². The molecule has 0 atom stereocenters. The molecule has 94 valence electrons. The fourth-order valence-corrected chi connectivity index (χ4v) is 2.03. The maximum atomic E-state index is 11.8. The second kappa shape index (κ2) is 5.01. The van der Waals surface area contributed by atoms with Gasteiger partial charge in [0.2, 0.25) is 0 Å². The molecule has 2 aromatic rings. The summed E-state index contributed by atoms with van der Waals surface area (Å²) in [6, 6.07) is 1.64. The number of furan rings is 1. The number of hydrogen-bond acceptors (Lipinski definition) is 6. The number of aryl methyl sites for hydroxylation is 1. The molecular weight excluding hydrogens is 254 g/mol. The van der Waals surface area contributed by atoms with Crippen molar-refractivity contribution in [3.8, 4) is 0 Å². The van der Waals surface area contributed by atoms with Crippen molar-refractivity contribution < 1.29 is 14.4 Å². The highest BCUT2D eigenvalue weighted by Gasteiger charge is 2.12. The van der Waals surface area contributed by atoms with Gasteiger partial charge in [-0.3, -0.25) is 10.1 Å². The summed E-state index contributed by atoms with van der Waals surface area (Å²) in [5.41, 5.74) is 1.36. The van der Waals surface area contributed by atoms with E-state index in [0.717, 1.165) is 0 Å². The van der Waals surface area contributed by atoms with E-state index < -0.39 is 0 Å². The summed E-state index contributed by atoms with van der Waals surface area (Å²) in [6.07, 6.45) is 1.39. The van der Waals surface area contributed by atoms with E-state index in [9.17, 15) is 4.79 Å². The molecule has 2 N–H and O–H groups in total. The number of carbonyl (C=O) groups excluding carboxylic acids is 1. The van der Waals surface area contributed by atoms with Crippen LogP contribution in [0.4, 0.5) is 5.13 Å². The highest BCUT2D eigenvalue weighted by atomic mass is 32.1. The molecule has 0 unspecified atom stereocenters. The fourth-order valence-electron chi connectivity index (χ4n) is 1.28. The van der Waals surface area contributed by atoms with Crippen LogP contribution in [0.2, 0.25) is 0 Å². The molecule has 2 heterocycles. The largest absolute Gasteiger partial charge is 0.469 e. The van der Waals surface area contributed by atoms with Gasteiger partial charge in [-0.25, -0.2) is 4.98 Å². The van der Waals surface area contributed by atoms with Crippen molar-refractivity contribution in [2.45, 2.75) is 13.8 Å². The maximum Gasteiger partial charge on any atom is 0.260 e. The summed E-state index contributed by atoms with van der Waals surface area (Å²) in [5, 5.41) is 16.4. The Morgan fingerprint density at radius 2 is 2.39 bits per heavy atom. The molecule has 0 fully saturated rings. The van der Waals surface area contributed by atoms with Gasteiger partial charge in [0.25, 0.3) is 5.91 Å². The lowest BCUT2D eigenvalue weighted by Crippen LogP contribution is -2.10. The quantitative estimate of drug-likeness (QED) is 0.507. The fraction of sp³-hybridized carbons (Fsp3) is 0.182. The molecule has 0 bridgehead atoms. The first-order valence-electron chi connectivity index (χ1n) is 5.11. The van der Waals surface area contributed by atoms with E-state index in [4.69, 9.17) is 9.62 Å². The van der Waals surface area contributed by atoms with Crippen LogP contribution in [-0.2, 0) is 0 Å². The highest BCUT2D eigenvalue weighted by Crippen LogP contribution is 2.17. The molecule has 2 rings (SSSR count). The van der Waals surface area contributed by atoms with E-state index >= 15 is 0 Å². The Kier molecular flexibility index (Phi) is 3.42. The average Bonchev–Trinajstić information content (AvgIpc) is 2.97. The minimum Gasteiger partial charge on any atom is -0.469 e. The first-order valence-corrected chi connectivity index (χ1v) is 5.99. The van der Waals surface area contributed by atoms with Gasteiger partial charge in [0.1, 0.15) is 23.4 Å². The van der Waals surface area contributed by atoms with Crippen LogP contribution < -0.4 is 5.32 Å². The van der Waals surface area contributed by atoms with Crippen molar-refractivity contribution >= 4 is 28.1 Å². The second-order valence-electron chi connectivity index (χ2n) is 3.62. The van der Waals surface area contributed by atoms with Crippen molar-refractivity contribution in [2.75, 3.05) is 5.32 Å². The second-order valence-corrected chi connectivity index (χ2v) is 4.48. The van der Waals surface area contributed by atoms with E-state index in [1.807, 2.05) is 0 Å². The van der Waals surface area contributed by atoms with Gasteiger partial charge in [0.15, 0.2) is 5.13 Å². The van der Waals surface area contributed by atoms with Crippen LogP contribution in [0.25, 0.3) is 0 Å². The summed E-state index contributed by atoms with van der Waals surface area (Å²) in [6.45, 7) is 3.39. The molecular formula is C11H11N3O3S. The van der Waals surface area contributed by atoms with Gasteiger partial charge in [0.05, 0.1) is 5.56 Å². The number of rotatable bonds is 3.